The molecular formula is C15H16N2OS. The molecule has 98 valence electrons. The highest BCUT2D eigenvalue weighted by atomic mass is 32.2. The van der Waals surface area contributed by atoms with Crippen molar-refractivity contribution in [2.75, 3.05) is 11.6 Å². The molecule has 3 nitrogen and oxygen atoms in total. The van der Waals surface area contributed by atoms with Gasteiger partial charge in [0.15, 0.2) is 0 Å². The molecule has 0 bridgehead atoms. The van der Waals surface area contributed by atoms with Crippen molar-refractivity contribution in [3.05, 3.63) is 60.2 Å². The van der Waals surface area contributed by atoms with E-state index < -0.39 is 0 Å². The number of amides is 2. The van der Waals surface area contributed by atoms with E-state index in [4.69, 9.17) is 0 Å². The van der Waals surface area contributed by atoms with Crippen LogP contribution in [-0.2, 0) is 6.54 Å². The van der Waals surface area contributed by atoms with Crippen LogP contribution in [0.4, 0.5) is 10.5 Å². The predicted molar refractivity (Wildman–Crippen MR) is 80.5 cm³/mol. The third-order valence-electron chi connectivity index (χ3n) is 2.64. The quantitative estimate of drug-likeness (QED) is 0.833. The van der Waals surface area contributed by atoms with Crippen molar-refractivity contribution in [3.63, 3.8) is 0 Å². The second-order valence-corrected chi connectivity index (χ2v) is 4.90. The Labute approximate surface area is 117 Å². The van der Waals surface area contributed by atoms with E-state index in [1.54, 1.807) is 11.8 Å². The molecule has 2 N–H and O–H groups in total. The fourth-order valence-corrected chi connectivity index (χ4v) is 2.04. The molecular weight excluding hydrogens is 256 g/mol. The van der Waals surface area contributed by atoms with Gasteiger partial charge in [-0.2, -0.15) is 0 Å². The normalized spacial score (nSPS) is 9.95. The van der Waals surface area contributed by atoms with Gasteiger partial charge < -0.3 is 10.6 Å². The van der Waals surface area contributed by atoms with Crippen LogP contribution in [0, 0.1) is 0 Å². The van der Waals surface area contributed by atoms with Gasteiger partial charge in [0.2, 0.25) is 0 Å². The summed E-state index contributed by atoms with van der Waals surface area (Å²) in [6.45, 7) is 0.523. The fourth-order valence-electron chi connectivity index (χ4n) is 1.63. The van der Waals surface area contributed by atoms with E-state index in [1.165, 1.54) is 4.90 Å². The highest BCUT2D eigenvalue weighted by Gasteiger charge is 2.01. The molecule has 2 aromatic carbocycles. The molecule has 0 radical (unpaired) electrons. The van der Waals surface area contributed by atoms with Gasteiger partial charge >= 0.3 is 6.03 Å². The summed E-state index contributed by atoms with van der Waals surface area (Å²) in [4.78, 5) is 12.9. The lowest BCUT2D eigenvalue weighted by molar-refractivity contribution is 0.251. The second kappa shape index (κ2) is 6.85. The van der Waals surface area contributed by atoms with Crippen molar-refractivity contribution in [2.24, 2.45) is 0 Å². The Balaban J connectivity index is 1.83. The van der Waals surface area contributed by atoms with Crippen LogP contribution in [-0.4, -0.2) is 12.3 Å². The topological polar surface area (TPSA) is 41.1 Å². The highest BCUT2D eigenvalue weighted by Crippen LogP contribution is 2.17. The molecule has 0 heterocycles. The standard InChI is InChI=1S/C15H16N2OS/c1-19-14-9-7-13(8-10-14)17-15(18)16-11-12-5-3-2-4-6-12/h2-10H,11H2,1H3,(H2,16,17,18). The number of hydrogen-bond donors (Lipinski definition) is 2. The maximum atomic E-state index is 11.7. The van der Waals surface area contributed by atoms with Crippen molar-refractivity contribution in [3.8, 4) is 0 Å². The zero-order valence-corrected chi connectivity index (χ0v) is 11.5. The van der Waals surface area contributed by atoms with Crippen molar-refractivity contribution in [2.45, 2.75) is 11.4 Å². The van der Waals surface area contributed by atoms with Crippen molar-refractivity contribution in [1.29, 1.82) is 0 Å². The largest absolute Gasteiger partial charge is 0.334 e. The van der Waals surface area contributed by atoms with Crippen LogP contribution in [0.25, 0.3) is 0 Å². The Morgan fingerprint density at radius 3 is 2.37 bits per heavy atom. The summed E-state index contributed by atoms with van der Waals surface area (Å²) in [6.07, 6.45) is 2.02. The molecule has 2 aromatic rings. The van der Waals surface area contributed by atoms with Gasteiger partial charge in [0.05, 0.1) is 0 Å². The number of thioether (sulfide) groups is 1. The average Bonchev–Trinajstić information content (AvgIpc) is 2.47. The summed E-state index contributed by atoms with van der Waals surface area (Å²) < 4.78 is 0. The van der Waals surface area contributed by atoms with Gasteiger partial charge in [-0.05, 0) is 36.1 Å². The molecule has 0 aromatic heterocycles. The maximum Gasteiger partial charge on any atom is 0.319 e. The second-order valence-electron chi connectivity index (χ2n) is 4.02. The number of carbonyl (C=O) groups excluding carboxylic acids is 1. The lowest BCUT2D eigenvalue weighted by Gasteiger charge is -2.08. The molecule has 0 atom stereocenters. The number of nitrogens with one attached hydrogen (secondary N) is 2. The first-order chi connectivity index (χ1) is 9.28. The minimum Gasteiger partial charge on any atom is -0.334 e. The van der Waals surface area contributed by atoms with Crippen LogP contribution in [0.1, 0.15) is 5.56 Å². The molecule has 0 fully saturated rings. The van der Waals surface area contributed by atoms with Gasteiger partial charge in [-0.1, -0.05) is 30.3 Å². The SMILES string of the molecule is CSc1ccc(NC(=O)NCc2ccccc2)cc1. The minimum absolute atomic E-state index is 0.194. The van der Waals surface area contributed by atoms with Crippen molar-refractivity contribution >= 4 is 23.5 Å². The number of rotatable bonds is 4. The monoisotopic (exact) mass is 272 g/mol. The summed E-state index contributed by atoms with van der Waals surface area (Å²) in [5.74, 6) is 0. The first-order valence-corrected chi connectivity index (χ1v) is 7.23. The highest BCUT2D eigenvalue weighted by molar-refractivity contribution is 7.98. The van der Waals surface area contributed by atoms with E-state index >= 15 is 0 Å². The molecule has 0 aliphatic carbocycles. The van der Waals surface area contributed by atoms with Crippen LogP contribution in [0.5, 0.6) is 0 Å². The summed E-state index contributed by atoms with van der Waals surface area (Å²) >= 11 is 1.68. The zero-order chi connectivity index (χ0) is 13.5. The smallest absolute Gasteiger partial charge is 0.319 e. The first-order valence-electron chi connectivity index (χ1n) is 6.01. The van der Waals surface area contributed by atoms with E-state index in [9.17, 15) is 4.79 Å². The van der Waals surface area contributed by atoms with E-state index in [0.29, 0.717) is 6.54 Å². The summed E-state index contributed by atoms with van der Waals surface area (Å²) in [7, 11) is 0. The molecule has 0 aliphatic rings. The zero-order valence-electron chi connectivity index (χ0n) is 10.7. The van der Waals surface area contributed by atoms with E-state index in [1.807, 2.05) is 60.9 Å². The number of carbonyl (C=O) groups is 1. The fraction of sp³-hybridized carbons (Fsp3) is 0.133. The molecule has 0 unspecified atom stereocenters. The average molecular weight is 272 g/mol. The third kappa shape index (κ3) is 4.34. The van der Waals surface area contributed by atoms with Crippen molar-refractivity contribution in [1.82, 2.24) is 5.32 Å². The van der Waals surface area contributed by atoms with Gasteiger partial charge in [-0.15, -0.1) is 11.8 Å². The van der Waals surface area contributed by atoms with Crippen LogP contribution < -0.4 is 10.6 Å². The van der Waals surface area contributed by atoms with E-state index in [-0.39, 0.29) is 6.03 Å². The molecule has 0 spiro atoms. The maximum absolute atomic E-state index is 11.7. The van der Waals surface area contributed by atoms with Crippen LogP contribution in [0.15, 0.2) is 59.5 Å². The number of urea groups is 1. The summed E-state index contributed by atoms with van der Waals surface area (Å²) in [5, 5.41) is 5.62. The minimum atomic E-state index is -0.194. The Morgan fingerprint density at radius 2 is 1.74 bits per heavy atom. The Morgan fingerprint density at radius 1 is 1.05 bits per heavy atom. The van der Waals surface area contributed by atoms with E-state index in [2.05, 4.69) is 10.6 Å². The molecule has 0 saturated heterocycles. The molecule has 2 amide bonds. The molecule has 4 heteroatoms. The Hall–Kier alpha value is -1.94. The van der Waals surface area contributed by atoms with Gasteiger partial charge in [0, 0.05) is 17.1 Å². The van der Waals surface area contributed by atoms with Gasteiger partial charge in [0.25, 0.3) is 0 Å². The Kier molecular flexibility index (Phi) is 4.86. The van der Waals surface area contributed by atoms with Crippen LogP contribution >= 0.6 is 11.8 Å². The van der Waals surface area contributed by atoms with Crippen molar-refractivity contribution < 1.29 is 4.79 Å². The first kappa shape index (κ1) is 13.5. The number of benzene rings is 2. The molecule has 0 aliphatic heterocycles. The lowest BCUT2D eigenvalue weighted by atomic mass is 10.2. The van der Waals surface area contributed by atoms with Crippen LogP contribution in [0.2, 0.25) is 0 Å². The third-order valence-corrected chi connectivity index (χ3v) is 3.39. The number of hydrogen-bond acceptors (Lipinski definition) is 2. The van der Waals surface area contributed by atoms with Gasteiger partial charge in [-0.3, -0.25) is 0 Å². The van der Waals surface area contributed by atoms with Gasteiger partial charge in [-0.25, -0.2) is 4.79 Å². The van der Waals surface area contributed by atoms with Gasteiger partial charge in [0.1, 0.15) is 0 Å². The number of anilines is 1. The molecule has 0 saturated carbocycles. The van der Waals surface area contributed by atoms with E-state index in [0.717, 1.165) is 11.3 Å². The molecule has 2 rings (SSSR count). The van der Waals surface area contributed by atoms with Crippen LogP contribution in [0.3, 0.4) is 0 Å². The summed E-state index contributed by atoms with van der Waals surface area (Å²) in [5.41, 5.74) is 1.87. The summed E-state index contributed by atoms with van der Waals surface area (Å²) in [6, 6.07) is 17.4. The lowest BCUT2D eigenvalue weighted by Crippen LogP contribution is -2.28. The molecule has 19 heavy (non-hydrogen) atoms. The predicted octanol–water partition coefficient (Wildman–Crippen LogP) is 3.73. The Bertz CT molecular complexity index is 526.